The van der Waals surface area contributed by atoms with E-state index in [9.17, 15) is 76.7 Å². The van der Waals surface area contributed by atoms with E-state index in [-0.39, 0.29) is 94.8 Å². The van der Waals surface area contributed by atoms with E-state index in [1.807, 2.05) is 130 Å². The molecule has 6 heterocycles. The van der Waals surface area contributed by atoms with Crippen LogP contribution in [0.3, 0.4) is 0 Å². The number of nitrogens with one attached hydrogen (secondary N) is 5. The molecule has 16 rings (SSSR count). The second-order valence-electron chi connectivity index (χ2n) is 33.9. The zero-order valence-corrected chi connectivity index (χ0v) is 80.4. The number of hydrogen-bond donors (Lipinski definition) is 5. The fourth-order valence-electron chi connectivity index (χ4n) is 15.1. The van der Waals surface area contributed by atoms with Gasteiger partial charge in [-0.05, 0) is 182 Å². The van der Waals surface area contributed by atoms with Gasteiger partial charge in [0.05, 0.1) is 17.2 Å². The van der Waals surface area contributed by atoms with Gasteiger partial charge in [-0.25, -0.2) is 13.2 Å². The van der Waals surface area contributed by atoms with Crippen LogP contribution >= 0.6 is 11.3 Å². The Bertz CT molecular complexity index is 6700. The molecule has 5 unspecified atom stereocenters. The first-order chi connectivity index (χ1) is 68.7. The van der Waals surface area contributed by atoms with Gasteiger partial charge in [-0.15, -0.1) is 64.2 Å². The summed E-state index contributed by atoms with van der Waals surface area (Å²) in [5.41, 5.74) is 9.51. The third kappa shape index (κ3) is 32.6. The van der Waals surface area contributed by atoms with Crippen molar-refractivity contribution in [2.24, 2.45) is 5.92 Å². The normalized spacial score (nSPS) is 13.1. The second-order valence-corrected chi connectivity index (χ2v) is 34.9. The molecule has 15 aromatic rings. The topological polar surface area (TPSA) is 349 Å². The van der Waals surface area contributed by atoms with Crippen molar-refractivity contribution >= 4 is 40.9 Å². The van der Waals surface area contributed by atoms with Gasteiger partial charge in [0, 0.05) is 99.5 Å². The van der Waals surface area contributed by atoms with Crippen LogP contribution in [0.1, 0.15) is 206 Å². The summed E-state index contributed by atoms with van der Waals surface area (Å²) >= 11 is 1.26. The predicted molar refractivity (Wildman–Crippen MR) is 511 cm³/mol. The molecule has 752 valence electrons. The monoisotopic (exact) mass is 2010 g/mol. The lowest BCUT2D eigenvalue weighted by molar-refractivity contribution is -0.274. The Hall–Kier alpha value is -15.4. The first-order valence-electron chi connectivity index (χ1n) is 45.9. The summed E-state index contributed by atoms with van der Waals surface area (Å²) in [6, 6.07) is 56.8. The minimum Gasteiger partial charge on any atom is -0.418 e. The number of ether oxygens (including phenoxy) is 1. The maximum atomic E-state index is 13.4. The van der Waals surface area contributed by atoms with Gasteiger partial charge in [0.25, 0.3) is 0 Å². The van der Waals surface area contributed by atoms with Crippen molar-refractivity contribution < 1.29 is 99.1 Å². The summed E-state index contributed by atoms with van der Waals surface area (Å²) in [4.78, 5) is 63.4. The molecule has 39 heteroatoms. The van der Waals surface area contributed by atoms with Crippen molar-refractivity contribution in [3.63, 3.8) is 0 Å². The first kappa shape index (κ1) is 107. The Morgan fingerprint density at radius 2 is 0.757 bits per heavy atom. The number of benzene rings is 9. The highest BCUT2D eigenvalue weighted by Crippen LogP contribution is 2.41. The maximum absolute atomic E-state index is 13.4. The van der Waals surface area contributed by atoms with Gasteiger partial charge in [-0.1, -0.05) is 196 Å². The highest BCUT2D eigenvalue weighted by atomic mass is 32.1. The van der Waals surface area contributed by atoms with Gasteiger partial charge in [0.1, 0.15) is 45.7 Å². The molecule has 0 bridgehead atoms. The van der Waals surface area contributed by atoms with Crippen molar-refractivity contribution in [2.75, 3.05) is 0 Å². The Morgan fingerprint density at radius 1 is 0.368 bits per heavy atom. The molecule has 1 fully saturated rings. The fourth-order valence-corrected chi connectivity index (χ4v) is 16.0. The SMILES string of the molecule is CC(=O)NC(Cc1ccc(C)cc1)c1nnc(-c2ccc(F)cc2)o1.CC(=O)NC(Cc1ccc(C)cc1)c1nnc(-c2ccncc2)o1.CCc1ccc(CC(NC(C)=O)c2nnc(-c3cc(C(F)(F)F)cc(C(F)(F)F)c3)o2)cc1.CCc1ccc(CC(NC(C)=O)c2nnc(-c3ccc(F)c(F)c3)o2)cc1.CCc1cccc(CC(NC(=O)C2CCCCC2)c2nnc(-c3cccc(OC(F)(F)F)c3)s2)c1. The molecular weight excluding hydrogens is 1910 g/mol. The fraction of sp³-hybridized carbons (Fsp3) is 0.295. The summed E-state index contributed by atoms with van der Waals surface area (Å²) in [5.74, 6) is -2.59. The highest BCUT2D eigenvalue weighted by Gasteiger charge is 2.39. The Morgan fingerprint density at radius 3 is 1.17 bits per heavy atom. The molecule has 1 aliphatic carbocycles. The lowest BCUT2D eigenvalue weighted by Crippen LogP contribution is -2.35. The van der Waals surface area contributed by atoms with E-state index >= 15 is 0 Å². The van der Waals surface area contributed by atoms with E-state index in [2.05, 4.69) is 113 Å². The second kappa shape index (κ2) is 50.3. The van der Waals surface area contributed by atoms with E-state index in [4.69, 9.17) is 17.7 Å². The van der Waals surface area contributed by atoms with Crippen LogP contribution in [0.2, 0.25) is 0 Å². The van der Waals surface area contributed by atoms with Crippen LogP contribution in [0, 0.1) is 37.2 Å². The molecule has 5 atom stereocenters. The Kier molecular flexibility index (Phi) is 37.5. The van der Waals surface area contributed by atoms with Crippen LogP contribution in [0.25, 0.3) is 56.4 Å². The van der Waals surface area contributed by atoms with Gasteiger partial charge in [-0.2, -0.15) is 26.3 Å². The van der Waals surface area contributed by atoms with Crippen molar-refractivity contribution in [3.8, 4) is 62.1 Å². The lowest BCUT2D eigenvalue weighted by Gasteiger charge is -2.24. The van der Waals surface area contributed by atoms with Gasteiger partial charge >= 0.3 is 18.7 Å². The molecule has 0 spiro atoms. The number of hydrogen-bond acceptors (Lipinski definition) is 22. The summed E-state index contributed by atoms with van der Waals surface area (Å²) in [6.07, 6.45) is -1.39. The van der Waals surface area contributed by atoms with E-state index in [0.29, 0.717) is 76.6 Å². The van der Waals surface area contributed by atoms with Crippen LogP contribution < -0.4 is 31.3 Å². The largest absolute Gasteiger partial charge is 0.573 e. The van der Waals surface area contributed by atoms with Crippen molar-refractivity contribution in [2.45, 2.75) is 195 Å². The van der Waals surface area contributed by atoms with Gasteiger partial charge < -0.3 is 49.0 Å². The van der Waals surface area contributed by atoms with E-state index < -0.39 is 77.0 Å². The summed E-state index contributed by atoms with van der Waals surface area (Å²) in [5, 5.41) is 55.5. The van der Waals surface area contributed by atoms with Crippen LogP contribution in [-0.2, 0) is 87.7 Å². The van der Waals surface area contributed by atoms with Crippen molar-refractivity contribution in [3.05, 3.63) is 344 Å². The number of nitrogens with zero attached hydrogens (tertiary/aromatic N) is 11. The summed E-state index contributed by atoms with van der Waals surface area (Å²) in [7, 11) is 0. The van der Waals surface area contributed by atoms with Gasteiger partial charge in [-0.3, -0.25) is 29.0 Å². The third-order valence-electron chi connectivity index (χ3n) is 22.5. The number of carbonyl (C=O) groups is 5. The third-order valence-corrected chi connectivity index (χ3v) is 23.6. The molecular formula is C105H102F12N16O10S. The molecule has 1 saturated carbocycles. The number of rotatable bonds is 30. The average Bonchev–Trinajstić information content (AvgIpc) is 1.42. The zero-order chi connectivity index (χ0) is 103. The number of aromatic nitrogens is 11. The standard InChI is InChI=1S/C26H28F3N3O2S.C22H19F6N3O2.C20H19F2N3O2.C19H18FN3O2.C18H18N4O2/c1-2-17-8-6-9-18(14-17)15-22(30-23(33)19-10-4-3-5-11-19)25-32-31-24(35-25)20-12-7-13-21(16-20)34-26(27,28)29;1-3-13-4-6-14(7-5-13)8-18(29-12(2)32)20-31-30-19(33-20)15-9-16(21(23,24)25)11-17(10-15)22(26,27)28;1-3-13-4-6-14(7-5-13)10-18(23-12(2)26)20-25-24-19(27-20)15-8-9-16(21)17(22)11-15;1-12-3-5-14(6-4-12)11-17(21-13(2)24)19-23-22-18(25-19)15-7-9-16(20)10-8-15;1-12-3-5-14(6-4-12)11-16(20-13(2)23)18-22-21-17(24-18)15-7-9-19-10-8-15/h6-9,12-14,16,19,22H,2-5,10-11,15H2,1H3,(H,30,33);4-7,9-11,18H,3,8H2,1-2H3,(H,29,32);4-9,11,18H,3,10H2,1-2H3,(H,23,26);3-10,17H,11H2,1-2H3,(H,21,24);3-10,16H,11H2,1-2H3,(H,20,23). The Balaban J connectivity index is 0.000000162. The van der Waals surface area contributed by atoms with Crippen LogP contribution in [0.4, 0.5) is 52.7 Å². The average molecular weight is 2010 g/mol. The molecule has 0 aliphatic heterocycles. The minimum atomic E-state index is -5.01. The number of aryl methyl sites for hydroxylation is 5. The zero-order valence-electron chi connectivity index (χ0n) is 79.5. The molecule has 1 aliphatic rings. The number of carbonyl (C=O) groups excluding carboxylic acids is 5. The van der Waals surface area contributed by atoms with E-state index in [0.717, 1.165) is 108 Å². The van der Waals surface area contributed by atoms with Gasteiger partial charge in [0.15, 0.2) is 11.6 Å². The molecule has 144 heavy (non-hydrogen) atoms. The number of pyridine rings is 1. The van der Waals surface area contributed by atoms with E-state index in [1.54, 1.807) is 42.7 Å². The molecule has 5 N–H and O–H groups in total. The van der Waals surface area contributed by atoms with Crippen LogP contribution in [-0.4, -0.2) is 91.9 Å². The minimum absolute atomic E-state index is 0.00295. The van der Waals surface area contributed by atoms with Crippen molar-refractivity contribution in [1.82, 2.24) is 82.6 Å². The molecule has 6 aromatic heterocycles. The van der Waals surface area contributed by atoms with Crippen molar-refractivity contribution in [1.29, 1.82) is 0 Å². The molecule has 26 nitrogen and oxygen atoms in total. The molecule has 0 radical (unpaired) electrons. The molecule has 5 amide bonds. The quantitative estimate of drug-likeness (QED) is 0.0261. The number of amides is 5. The van der Waals surface area contributed by atoms with Crippen LogP contribution in [0.15, 0.2) is 248 Å². The Labute approximate surface area is 824 Å². The summed E-state index contributed by atoms with van der Waals surface area (Å²) in [6.45, 7) is 15.8. The first-order valence-corrected chi connectivity index (χ1v) is 46.8. The van der Waals surface area contributed by atoms with Gasteiger partial charge in [0.2, 0.25) is 76.7 Å². The maximum Gasteiger partial charge on any atom is 0.573 e. The molecule has 0 saturated heterocycles. The smallest absolute Gasteiger partial charge is 0.418 e. The highest BCUT2D eigenvalue weighted by molar-refractivity contribution is 7.14. The number of alkyl halides is 9. The number of halogens is 12. The lowest BCUT2D eigenvalue weighted by atomic mass is 9.88. The van der Waals surface area contributed by atoms with Crippen LogP contribution in [0.5, 0.6) is 5.75 Å². The van der Waals surface area contributed by atoms with E-state index in [1.165, 1.54) is 92.1 Å². The predicted octanol–water partition coefficient (Wildman–Crippen LogP) is 22.9. The summed E-state index contributed by atoms with van der Waals surface area (Å²) < 4.78 is 183. The molecule has 9 aromatic carbocycles.